The molecule has 3 rings (SSSR count). The Labute approximate surface area is 233 Å². The highest BCUT2D eigenvalue weighted by molar-refractivity contribution is 6.31. The van der Waals surface area contributed by atoms with Gasteiger partial charge in [-0.05, 0) is 18.4 Å². The van der Waals surface area contributed by atoms with Gasteiger partial charge in [0.2, 0.25) is 0 Å². The number of halogens is 1. The molecule has 39 heavy (non-hydrogen) atoms. The van der Waals surface area contributed by atoms with Crippen molar-refractivity contribution in [3.05, 3.63) is 52.8 Å². The lowest BCUT2D eigenvalue weighted by molar-refractivity contribution is -0.869. The Bertz CT molecular complexity index is 1220. The first-order valence-corrected chi connectivity index (χ1v) is 13.0. The highest BCUT2D eigenvalue weighted by Gasteiger charge is 2.34. The number of hydrogen-bond acceptors (Lipinski definition) is 7. The molecular weight excluding hydrogens is 520 g/mol. The Morgan fingerprint density at radius 3 is 2.44 bits per heavy atom. The second kappa shape index (κ2) is 12.8. The first-order valence-electron chi connectivity index (χ1n) is 12.6. The SMILES string of the molecule is C[N+](C)(C)CCNC(=O)N1CCC(C=Cc2ccccc2)(CN=C(N)NC(=O)c2nc(Cl)c(N)nc2N)CC1. The summed E-state index contributed by atoms with van der Waals surface area (Å²) < 4.78 is 0.772. The zero-order valence-corrected chi connectivity index (χ0v) is 23.4. The summed E-state index contributed by atoms with van der Waals surface area (Å²) in [6.45, 7) is 2.87. The number of nitrogen functional groups attached to an aromatic ring is 2. The van der Waals surface area contributed by atoms with E-state index in [4.69, 9.17) is 28.8 Å². The summed E-state index contributed by atoms with van der Waals surface area (Å²) in [5.41, 5.74) is 17.9. The van der Waals surface area contributed by atoms with Crippen LogP contribution in [0.1, 0.15) is 28.9 Å². The highest BCUT2D eigenvalue weighted by atomic mass is 35.5. The van der Waals surface area contributed by atoms with Crippen LogP contribution in [0.2, 0.25) is 5.15 Å². The molecule has 12 nitrogen and oxygen atoms in total. The number of nitrogens with one attached hydrogen (secondary N) is 2. The molecule has 1 aliphatic heterocycles. The third-order valence-corrected chi connectivity index (χ3v) is 6.74. The molecule has 0 atom stereocenters. The number of carbonyl (C=O) groups excluding carboxylic acids is 2. The van der Waals surface area contributed by atoms with Crippen LogP contribution in [0.25, 0.3) is 6.08 Å². The van der Waals surface area contributed by atoms with E-state index >= 15 is 0 Å². The Kier molecular flexibility index (Phi) is 9.71. The first-order chi connectivity index (χ1) is 18.4. The van der Waals surface area contributed by atoms with Crippen LogP contribution in [0, 0.1) is 5.41 Å². The van der Waals surface area contributed by atoms with E-state index in [1.54, 1.807) is 0 Å². The molecule has 0 bridgehead atoms. The van der Waals surface area contributed by atoms with Gasteiger partial charge < -0.3 is 31.9 Å². The van der Waals surface area contributed by atoms with Crippen LogP contribution in [-0.4, -0.2) is 91.1 Å². The average molecular weight is 558 g/mol. The molecule has 0 saturated carbocycles. The summed E-state index contributed by atoms with van der Waals surface area (Å²) in [5.74, 6) is -1.04. The molecule has 1 aliphatic rings. The number of nitrogens with two attached hydrogens (primary N) is 3. The molecule has 1 fully saturated rings. The number of aliphatic imine (C=N–C) groups is 1. The van der Waals surface area contributed by atoms with Crippen LogP contribution in [0.3, 0.4) is 0 Å². The lowest BCUT2D eigenvalue weighted by atomic mass is 9.77. The number of amides is 3. The van der Waals surface area contributed by atoms with Crippen LogP contribution in [0.4, 0.5) is 16.4 Å². The van der Waals surface area contributed by atoms with Crippen molar-refractivity contribution in [2.45, 2.75) is 12.8 Å². The number of aromatic nitrogens is 2. The molecule has 0 aliphatic carbocycles. The molecule has 3 amide bonds. The van der Waals surface area contributed by atoms with Crippen molar-refractivity contribution >= 4 is 47.2 Å². The van der Waals surface area contributed by atoms with Gasteiger partial charge >= 0.3 is 6.03 Å². The smallest absolute Gasteiger partial charge is 0.317 e. The van der Waals surface area contributed by atoms with E-state index in [9.17, 15) is 9.59 Å². The molecule has 1 saturated heterocycles. The second-order valence-electron chi connectivity index (χ2n) is 10.6. The van der Waals surface area contributed by atoms with E-state index in [0.717, 1.165) is 16.6 Å². The fraction of sp³-hybridized carbons (Fsp3) is 0.423. The number of carbonyl (C=O) groups is 2. The van der Waals surface area contributed by atoms with Gasteiger partial charge in [0.05, 0.1) is 40.8 Å². The Morgan fingerprint density at radius 1 is 1.13 bits per heavy atom. The van der Waals surface area contributed by atoms with Gasteiger partial charge in [-0.2, -0.15) is 0 Å². The van der Waals surface area contributed by atoms with Gasteiger partial charge in [-0.3, -0.25) is 15.1 Å². The van der Waals surface area contributed by atoms with Gasteiger partial charge in [0.1, 0.15) is 0 Å². The summed E-state index contributed by atoms with van der Waals surface area (Å²) in [6, 6.07) is 9.86. The largest absolute Gasteiger partial charge is 0.382 e. The summed E-state index contributed by atoms with van der Waals surface area (Å²) in [6.07, 6.45) is 5.52. The van der Waals surface area contributed by atoms with Crippen LogP contribution in [0.5, 0.6) is 0 Å². The van der Waals surface area contributed by atoms with Crippen molar-refractivity contribution in [1.29, 1.82) is 0 Å². The molecule has 8 N–H and O–H groups in total. The fourth-order valence-electron chi connectivity index (χ4n) is 4.05. The Morgan fingerprint density at radius 2 is 1.79 bits per heavy atom. The predicted octanol–water partition coefficient (Wildman–Crippen LogP) is 1.55. The maximum absolute atomic E-state index is 12.7. The van der Waals surface area contributed by atoms with Crippen molar-refractivity contribution < 1.29 is 14.1 Å². The van der Waals surface area contributed by atoms with Gasteiger partial charge in [-0.1, -0.05) is 54.1 Å². The molecular formula is C26H38ClN10O2+. The van der Waals surface area contributed by atoms with Crippen LogP contribution >= 0.6 is 11.6 Å². The van der Waals surface area contributed by atoms with Crippen molar-refractivity contribution in [1.82, 2.24) is 25.5 Å². The third-order valence-electron chi connectivity index (χ3n) is 6.46. The number of quaternary nitrogens is 1. The first kappa shape index (κ1) is 29.7. The zero-order valence-electron chi connectivity index (χ0n) is 22.7. The van der Waals surface area contributed by atoms with E-state index in [1.165, 1.54) is 0 Å². The number of benzene rings is 1. The lowest BCUT2D eigenvalue weighted by Gasteiger charge is -2.39. The number of guanidine groups is 1. The lowest BCUT2D eigenvalue weighted by Crippen LogP contribution is -2.50. The number of nitrogens with zero attached hydrogens (tertiary/aromatic N) is 5. The minimum Gasteiger partial charge on any atom is -0.382 e. The minimum absolute atomic E-state index is 0.0692. The Balaban J connectivity index is 1.70. The molecule has 1 aromatic carbocycles. The van der Waals surface area contributed by atoms with Crippen molar-refractivity contribution in [3.8, 4) is 0 Å². The van der Waals surface area contributed by atoms with Crippen molar-refractivity contribution in [3.63, 3.8) is 0 Å². The molecule has 0 radical (unpaired) electrons. The number of rotatable bonds is 8. The number of piperidine rings is 1. The van der Waals surface area contributed by atoms with Gasteiger partial charge in [0, 0.05) is 18.5 Å². The monoisotopic (exact) mass is 557 g/mol. The molecule has 0 spiro atoms. The molecule has 210 valence electrons. The van der Waals surface area contributed by atoms with E-state index < -0.39 is 5.91 Å². The predicted molar refractivity (Wildman–Crippen MR) is 155 cm³/mol. The van der Waals surface area contributed by atoms with Gasteiger partial charge in [0.25, 0.3) is 5.91 Å². The van der Waals surface area contributed by atoms with Crippen LogP contribution < -0.4 is 27.8 Å². The van der Waals surface area contributed by atoms with E-state index in [2.05, 4.69) is 52.8 Å². The van der Waals surface area contributed by atoms with Crippen molar-refractivity contribution in [2.75, 3.05) is 65.3 Å². The molecule has 2 heterocycles. The normalized spacial score (nSPS) is 15.8. The maximum Gasteiger partial charge on any atom is 0.317 e. The van der Waals surface area contributed by atoms with E-state index in [0.29, 0.717) is 39.0 Å². The number of anilines is 2. The zero-order chi connectivity index (χ0) is 28.6. The number of hydrogen-bond donors (Lipinski definition) is 5. The van der Waals surface area contributed by atoms with Gasteiger partial charge in [-0.15, -0.1) is 0 Å². The number of likely N-dealkylation sites (tertiary alicyclic amines) is 1. The minimum atomic E-state index is -0.697. The van der Waals surface area contributed by atoms with Gasteiger partial charge in [-0.25, -0.2) is 14.8 Å². The third kappa shape index (κ3) is 8.82. The topological polar surface area (TPSA) is 178 Å². The van der Waals surface area contributed by atoms with E-state index in [-0.39, 0.29) is 39.9 Å². The molecule has 0 unspecified atom stereocenters. The number of likely N-dealkylation sites (N-methyl/N-ethyl adjacent to an activating group) is 1. The number of urea groups is 1. The molecule has 2 aromatic rings. The second-order valence-corrected chi connectivity index (χ2v) is 11.0. The molecule has 1 aromatic heterocycles. The van der Waals surface area contributed by atoms with E-state index in [1.807, 2.05) is 41.3 Å². The summed E-state index contributed by atoms with van der Waals surface area (Å²) in [7, 11) is 6.26. The molecule has 13 heteroatoms. The average Bonchev–Trinajstić information content (AvgIpc) is 2.88. The van der Waals surface area contributed by atoms with Crippen LogP contribution in [-0.2, 0) is 0 Å². The summed E-state index contributed by atoms with van der Waals surface area (Å²) in [5, 5.41) is 5.36. The highest BCUT2D eigenvalue weighted by Crippen LogP contribution is 2.34. The fourth-order valence-corrected chi connectivity index (χ4v) is 4.17. The Hall–Kier alpha value is -3.90. The quantitative estimate of drug-likeness (QED) is 0.185. The van der Waals surface area contributed by atoms with Gasteiger partial charge in [0.15, 0.2) is 28.4 Å². The standard InChI is InChI=1S/C26H37ClN10O2/c1-37(2,3)16-13-31-25(39)36-14-11-26(12-15-36,10-9-18-7-5-4-6-8-18)17-32-24(30)35-23(38)19-21(28)34-22(29)20(27)33-19/h4-10H,11-17H2,1-3H3,(H7-,28,29,30,31,32,34,35,38,39)/p+1. The van der Waals surface area contributed by atoms with Crippen LogP contribution in [0.15, 0.2) is 41.4 Å². The maximum atomic E-state index is 12.7. The summed E-state index contributed by atoms with van der Waals surface area (Å²) in [4.78, 5) is 39.3. The summed E-state index contributed by atoms with van der Waals surface area (Å²) >= 11 is 5.88. The van der Waals surface area contributed by atoms with Crippen molar-refractivity contribution in [2.24, 2.45) is 16.1 Å².